The van der Waals surface area contributed by atoms with Crippen LogP contribution in [0.1, 0.15) is 61.6 Å². The zero-order valence-corrected chi connectivity index (χ0v) is 26.0. The number of carbonyl (C=O) groups excluding carboxylic acids is 2. The van der Waals surface area contributed by atoms with Crippen LogP contribution in [0.2, 0.25) is 10.0 Å². The average Bonchev–Trinajstić information content (AvgIpc) is 3.49. The van der Waals surface area contributed by atoms with E-state index in [1.807, 2.05) is 11.0 Å². The Morgan fingerprint density at radius 2 is 1.68 bits per heavy atom. The Kier molecular flexibility index (Phi) is 11.3. The van der Waals surface area contributed by atoms with Gasteiger partial charge in [0.15, 0.2) is 0 Å². The summed E-state index contributed by atoms with van der Waals surface area (Å²) >= 11 is 12.7. The summed E-state index contributed by atoms with van der Waals surface area (Å²) in [6.07, 6.45) is 5.90. The molecule has 3 amide bonds. The summed E-state index contributed by atoms with van der Waals surface area (Å²) in [5.74, 6) is 0.331. The van der Waals surface area contributed by atoms with Crippen LogP contribution >= 0.6 is 23.2 Å². The lowest BCUT2D eigenvalue weighted by molar-refractivity contribution is -0.134. The zero-order valence-electron chi connectivity index (χ0n) is 24.5. The number of nitrogens with one attached hydrogen (secondary N) is 1. The van der Waals surface area contributed by atoms with Gasteiger partial charge in [-0.05, 0) is 99.0 Å². The van der Waals surface area contributed by atoms with E-state index in [2.05, 4.69) is 43.4 Å². The van der Waals surface area contributed by atoms with Crippen molar-refractivity contribution in [2.45, 2.75) is 63.8 Å². The molecule has 41 heavy (non-hydrogen) atoms. The zero-order chi connectivity index (χ0) is 29.5. The molecule has 0 unspecified atom stereocenters. The van der Waals surface area contributed by atoms with Gasteiger partial charge in [0.05, 0.1) is 0 Å². The Balaban J connectivity index is 1.46. The first kappa shape index (κ1) is 31.6. The fraction of sp³-hybridized carbons (Fsp3) is 0.562. The van der Waals surface area contributed by atoms with Gasteiger partial charge in [0.1, 0.15) is 11.9 Å². The first-order valence-electron chi connectivity index (χ1n) is 14.9. The summed E-state index contributed by atoms with van der Waals surface area (Å²) in [5.41, 5.74) is 3.27. The van der Waals surface area contributed by atoms with Crippen molar-refractivity contribution in [1.29, 1.82) is 0 Å². The van der Waals surface area contributed by atoms with E-state index in [0.29, 0.717) is 43.6 Å². The van der Waals surface area contributed by atoms with Gasteiger partial charge in [-0.15, -0.1) is 0 Å². The fourth-order valence-corrected chi connectivity index (χ4v) is 6.65. The molecule has 0 bridgehead atoms. The van der Waals surface area contributed by atoms with Crippen molar-refractivity contribution in [3.63, 3.8) is 0 Å². The topological polar surface area (TPSA) is 55.9 Å². The summed E-state index contributed by atoms with van der Waals surface area (Å²) in [7, 11) is 4.22. The summed E-state index contributed by atoms with van der Waals surface area (Å²) in [4.78, 5) is 32.7. The minimum atomic E-state index is -0.773. The Hall–Kier alpha value is -2.35. The number of nitrogens with zero attached hydrogens (tertiary/aromatic N) is 3. The molecule has 0 radical (unpaired) electrons. The van der Waals surface area contributed by atoms with Crippen molar-refractivity contribution in [2.24, 2.45) is 5.92 Å². The number of amides is 3. The Bertz CT molecular complexity index is 1200. The molecule has 2 fully saturated rings. The predicted molar refractivity (Wildman–Crippen MR) is 164 cm³/mol. The van der Waals surface area contributed by atoms with Crippen LogP contribution in [0.4, 0.5) is 9.18 Å². The third-order valence-electron chi connectivity index (χ3n) is 8.49. The fourth-order valence-electron chi connectivity index (χ4n) is 6.21. The SMILES string of the molecule is CC[C@@H](Cc1cc(Cl)ccc1C1CCN(C(=O)[C@@H](Cc2ccc(F)cc2Cl)NC(=O)N2CCCC2)CC1)CN(C)C. The first-order valence-corrected chi connectivity index (χ1v) is 15.6. The number of urea groups is 1. The molecule has 2 saturated heterocycles. The van der Waals surface area contributed by atoms with Gasteiger partial charge in [-0.3, -0.25) is 4.79 Å². The van der Waals surface area contributed by atoms with E-state index in [0.717, 1.165) is 50.1 Å². The number of benzene rings is 2. The monoisotopic (exact) mass is 604 g/mol. The van der Waals surface area contributed by atoms with Gasteiger partial charge < -0.3 is 20.0 Å². The van der Waals surface area contributed by atoms with Crippen molar-refractivity contribution < 1.29 is 14.0 Å². The number of hydrogen-bond acceptors (Lipinski definition) is 3. The molecule has 2 aromatic rings. The third-order valence-corrected chi connectivity index (χ3v) is 9.08. The molecular weight excluding hydrogens is 562 g/mol. The van der Waals surface area contributed by atoms with Gasteiger partial charge in [0.2, 0.25) is 5.91 Å². The largest absolute Gasteiger partial charge is 0.341 e. The molecule has 2 atom stereocenters. The van der Waals surface area contributed by atoms with E-state index >= 15 is 0 Å². The Morgan fingerprint density at radius 3 is 2.32 bits per heavy atom. The van der Waals surface area contributed by atoms with Crippen LogP contribution in [-0.4, -0.2) is 79.5 Å². The second-order valence-electron chi connectivity index (χ2n) is 11.8. The van der Waals surface area contributed by atoms with E-state index in [1.54, 1.807) is 11.0 Å². The van der Waals surface area contributed by atoms with E-state index in [4.69, 9.17) is 23.2 Å². The maximum absolute atomic E-state index is 13.8. The standard InChI is InChI=1S/C32H43Cl2FN4O2/c1-4-22(21-37(2)3)17-25-18-26(33)8-10-28(25)23-11-15-38(16-12-23)31(40)30(36-32(41)39-13-5-6-14-39)19-24-7-9-27(35)20-29(24)34/h7-10,18,20,22-23,30H,4-6,11-17,19,21H2,1-3H3,(H,36,41)/t22-,30+/m0/s1. The minimum Gasteiger partial charge on any atom is -0.341 e. The van der Waals surface area contributed by atoms with Crippen molar-refractivity contribution in [3.8, 4) is 0 Å². The molecule has 2 heterocycles. The third kappa shape index (κ3) is 8.59. The van der Waals surface area contributed by atoms with Gasteiger partial charge in [-0.25, -0.2) is 9.18 Å². The number of carbonyl (C=O) groups is 2. The van der Waals surface area contributed by atoms with Crippen molar-refractivity contribution >= 4 is 35.1 Å². The van der Waals surface area contributed by atoms with E-state index in [9.17, 15) is 14.0 Å². The highest BCUT2D eigenvalue weighted by Crippen LogP contribution is 2.34. The maximum Gasteiger partial charge on any atom is 0.318 e. The lowest BCUT2D eigenvalue weighted by Crippen LogP contribution is -2.54. The molecule has 2 aliphatic rings. The van der Waals surface area contributed by atoms with E-state index in [-0.39, 0.29) is 23.4 Å². The predicted octanol–water partition coefficient (Wildman–Crippen LogP) is 6.39. The summed E-state index contributed by atoms with van der Waals surface area (Å²) in [6, 6.07) is 9.42. The highest BCUT2D eigenvalue weighted by molar-refractivity contribution is 6.31. The van der Waals surface area contributed by atoms with Crippen LogP contribution in [0.25, 0.3) is 0 Å². The van der Waals surface area contributed by atoms with Gasteiger partial charge in [-0.1, -0.05) is 48.7 Å². The van der Waals surface area contributed by atoms with Crippen LogP contribution in [0.3, 0.4) is 0 Å². The van der Waals surface area contributed by atoms with E-state index < -0.39 is 11.9 Å². The normalized spacial score (nSPS) is 17.6. The molecule has 0 spiro atoms. The number of likely N-dealkylation sites (tertiary alicyclic amines) is 2. The Labute approximate surface area is 254 Å². The molecule has 9 heteroatoms. The van der Waals surface area contributed by atoms with E-state index in [1.165, 1.54) is 23.3 Å². The van der Waals surface area contributed by atoms with Crippen LogP contribution in [0, 0.1) is 11.7 Å². The molecule has 224 valence electrons. The van der Waals surface area contributed by atoms with Gasteiger partial charge >= 0.3 is 6.03 Å². The van der Waals surface area contributed by atoms with Crippen molar-refractivity contribution in [3.05, 3.63) is 69.0 Å². The number of rotatable bonds is 10. The molecule has 2 aliphatic heterocycles. The second kappa shape index (κ2) is 14.7. The van der Waals surface area contributed by atoms with Crippen molar-refractivity contribution in [2.75, 3.05) is 46.8 Å². The van der Waals surface area contributed by atoms with Crippen LogP contribution in [0.5, 0.6) is 0 Å². The first-order chi connectivity index (χ1) is 19.6. The molecular formula is C32H43Cl2FN4O2. The van der Waals surface area contributed by atoms with Crippen LogP contribution in [0.15, 0.2) is 36.4 Å². The van der Waals surface area contributed by atoms with Gasteiger partial charge in [0.25, 0.3) is 0 Å². The molecule has 2 aromatic carbocycles. The molecule has 4 rings (SSSR count). The molecule has 6 nitrogen and oxygen atoms in total. The Morgan fingerprint density at radius 1 is 0.976 bits per heavy atom. The minimum absolute atomic E-state index is 0.121. The molecule has 1 N–H and O–H groups in total. The maximum atomic E-state index is 13.8. The van der Waals surface area contributed by atoms with Crippen molar-refractivity contribution in [1.82, 2.24) is 20.0 Å². The van der Waals surface area contributed by atoms with Crippen LogP contribution < -0.4 is 5.32 Å². The average molecular weight is 606 g/mol. The number of piperidine rings is 1. The summed E-state index contributed by atoms with van der Waals surface area (Å²) < 4.78 is 13.7. The lowest BCUT2D eigenvalue weighted by atomic mass is 9.83. The summed E-state index contributed by atoms with van der Waals surface area (Å²) in [6.45, 7) is 5.85. The van der Waals surface area contributed by atoms with Gasteiger partial charge in [0, 0.05) is 49.2 Å². The molecule has 0 aliphatic carbocycles. The quantitative estimate of drug-likeness (QED) is 0.342. The smallest absolute Gasteiger partial charge is 0.318 e. The lowest BCUT2D eigenvalue weighted by Gasteiger charge is -2.36. The second-order valence-corrected chi connectivity index (χ2v) is 12.7. The van der Waals surface area contributed by atoms with Crippen LogP contribution in [-0.2, 0) is 17.6 Å². The number of hydrogen-bond donors (Lipinski definition) is 1. The molecule has 0 saturated carbocycles. The highest BCUT2D eigenvalue weighted by Gasteiger charge is 2.32. The summed E-state index contributed by atoms with van der Waals surface area (Å²) in [5, 5.41) is 3.99. The molecule has 0 aromatic heterocycles. The van der Waals surface area contributed by atoms with Gasteiger partial charge in [-0.2, -0.15) is 0 Å². The highest BCUT2D eigenvalue weighted by atomic mass is 35.5. The number of halogens is 3.